The summed E-state index contributed by atoms with van der Waals surface area (Å²) >= 11 is 5.43. The van der Waals surface area contributed by atoms with Crippen molar-refractivity contribution in [3.63, 3.8) is 0 Å². The number of aromatic amines is 1. The molecule has 0 unspecified atom stereocenters. The van der Waals surface area contributed by atoms with Crippen LogP contribution in [0.1, 0.15) is 12.8 Å². The Morgan fingerprint density at radius 1 is 1.75 bits per heavy atom. The van der Waals surface area contributed by atoms with Gasteiger partial charge in [0, 0.05) is 18.4 Å². The van der Waals surface area contributed by atoms with Crippen molar-refractivity contribution in [3.05, 3.63) is 12.3 Å². The quantitative estimate of drug-likeness (QED) is 0.700. The van der Waals surface area contributed by atoms with Gasteiger partial charge < -0.3 is 5.32 Å². The van der Waals surface area contributed by atoms with Gasteiger partial charge in [-0.2, -0.15) is 5.10 Å². The predicted molar refractivity (Wildman–Crippen MR) is 47.2 cm³/mol. The number of hydrogen-bond acceptors (Lipinski definition) is 2. The zero-order valence-corrected chi connectivity index (χ0v) is 7.27. The number of rotatable bonds is 4. The second-order valence-electron chi connectivity index (χ2n) is 2.31. The highest BCUT2D eigenvalue weighted by atomic mass is 35.5. The summed E-state index contributed by atoms with van der Waals surface area (Å²) in [4.78, 5) is 11.1. The highest BCUT2D eigenvalue weighted by Crippen LogP contribution is 2.00. The lowest BCUT2D eigenvalue weighted by molar-refractivity contribution is -0.116. The maximum Gasteiger partial charge on any atom is 0.225 e. The second-order valence-corrected chi connectivity index (χ2v) is 2.69. The van der Waals surface area contributed by atoms with Crippen molar-refractivity contribution in [1.29, 1.82) is 0 Å². The van der Waals surface area contributed by atoms with Crippen molar-refractivity contribution in [2.24, 2.45) is 0 Å². The molecule has 2 N–H and O–H groups in total. The van der Waals surface area contributed by atoms with Crippen LogP contribution in [0.4, 0.5) is 5.82 Å². The Kier molecular flexibility index (Phi) is 3.60. The normalized spacial score (nSPS) is 9.75. The van der Waals surface area contributed by atoms with E-state index in [1.165, 1.54) is 0 Å². The molecule has 0 aliphatic heterocycles. The molecule has 1 rings (SSSR count). The van der Waals surface area contributed by atoms with Crippen LogP contribution in [0.5, 0.6) is 0 Å². The molecule has 0 aliphatic rings. The molecular weight excluding hydrogens is 178 g/mol. The van der Waals surface area contributed by atoms with Crippen molar-refractivity contribution < 1.29 is 4.79 Å². The number of alkyl halides is 1. The van der Waals surface area contributed by atoms with Crippen LogP contribution < -0.4 is 5.32 Å². The SMILES string of the molecule is O=C(CCCCl)Nc1ccn[nH]1. The fourth-order valence-electron chi connectivity index (χ4n) is 0.766. The van der Waals surface area contributed by atoms with E-state index in [0.29, 0.717) is 24.5 Å². The number of halogens is 1. The van der Waals surface area contributed by atoms with E-state index in [1.807, 2.05) is 0 Å². The Morgan fingerprint density at radius 2 is 2.58 bits per heavy atom. The lowest BCUT2D eigenvalue weighted by Crippen LogP contribution is -2.11. The third-order valence-electron chi connectivity index (χ3n) is 1.31. The van der Waals surface area contributed by atoms with E-state index < -0.39 is 0 Å². The third kappa shape index (κ3) is 2.92. The van der Waals surface area contributed by atoms with E-state index >= 15 is 0 Å². The predicted octanol–water partition coefficient (Wildman–Crippen LogP) is 1.37. The molecule has 1 amide bonds. The van der Waals surface area contributed by atoms with Crippen LogP contribution in [0.25, 0.3) is 0 Å². The molecule has 5 heteroatoms. The maximum absolute atomic E-state index is 11.1. The van der Waals surface area contributed by atoms with Crippen LogP contribution in [-0.2, 0) is 4.79 Å². The molecule has 0 saturated carbocycles. The number of aromatic nitrogens is 2. The first kappa shape index (κ1) is 9.06. The summed E-state index contributed by atoms with van der Waals surface area (Å²) in [5.41, 5.74) is 0. The first-order valence-electron chi connectivity index (χ1n) is 3.68. The van der Waals surface area contributed by atoms with Gasteiger partial charge in [-0.25, -0.2) is 0 Å². The topological polar surface area (TPSA) is 57.8 Å². The van der Waals surface area contributed by atoms with Crippen LogP contribution in [0.3, 0.4) is 0 Å². The van der Waals surface area contributed by atoms with Gasteiger partial charge in [0.2, 0.25) is 5.91 Å². The molecule has 1 aromatic rings. The summed E-state index contributed by atoms with van der Waals surface area (Å²) in [6.07, 6.45) is 2.72. The number of nitrogens with zero attached hydrogens (tertiary/aromatic N) is 1. The van der Waals surface area contributed by atoms with Crippen LogP contribution in [0.2, 0.25) is 0 Å². The van der Waals surface area contributed by atoms with Crippen molar-refractivity contribution >= 4 is 23.3 Å². The number of carbonyl (C=O) groups excluding carboxylic acids is 1. The summed E-state index contributed by atoms with van der Waals surface area (Å²) in [7, 11) is 0. The van der Waals surface area contributed by atoms with Crippen LogP contribution in [-0.4, -0.2) is 22.0 Å². The van der Waals surface area contributed by atoms with Crippen LogP contribution in [0.15, 0.2) is 12.3 Å². The Hall–Kier alpha value is -1.03. The van der Waals surface area contributed by atoms with Gasteiger partial charge in [-0.3, -0.25) is 9.89 Å². The molecule has 0 aliphatic carbocycles. The average molecular weight is 188 g/mol. The van der Waals surface area contributed by atoms with Gasteiger partial charge in [-0.15, -0.1) is 11.6 Å². The van der Waals surface area contributed by atoms with Gasteiger partial charge in [0.15, 0.2) is 0 Å². The molecule has 0 fully saturated rings. The van der Waals surface area contributed by atoms with E-state index in [2.05, 4.69) is 15.5 Å². The van der Waals surface area contributed by atoms with E-state index in [9.17, 15) is 4.79 Å². The number of H-pyrrole nitrogens is 1. The van der Waals surface area contributed by atoms with Gasteiger partial charge in [0.1, 0.15) is 5.82 Å². The fraction of sp³-hybridized carbons (Fsp3) is 0.429. The first-order valence-corrected chi connectivity index (χ1v) is 4.21. The molecule has 0 atom stereocenters. The zero-order valence-electron chi connectivity index (χ0n) is 6.51. The Labute approximate surface area is 75.3 Å². The molecule has 66 valence electrons. The molecule has 0 saturated heterocycles. The molecule has 0 aromatic carbocycles. The zero-order chi connectivity index (χ0) is 8.81. The van der Waals surface area contributed by atoms with Crippen molar-refractivity contribution in [2.75, 3.05) is 11.2 Å². The minimum atomic E-state index is -0.0418. The summed E-state index contributed by atoms with van der Waals surface area (Å²) < 4.78 is 0. The van der Waals surface area contributed by atoms with Gasteiger partial charge in [-0.1, -0.05) is 0 Å². The van der Waals surface area contributed by atoms with E-state index in [1.54, 1.807) is 12.3 Å². The second kappa shape index (κ2) is 4.77. The van der Waals surface area contributed by atoms with E-state index in [-0.39, 0.29) is 5.91 Å². The van der Waals surface area contributed by atoms with Crippen LogP contribution in [0, 0.1) is 0 Å². The number of hydrogen-bond donors (Lipinski definition) is 2. The summed E-state index contributed by atoms with van der Waals surface area (Å²) in [6.45, 7) is 0. The third-order valence-corrected chi connectivity index (χ3v) is 1.58. The smallest absolute Gasteiger partial charge is 0.225 e. The largest absolute Gasteiger partial charge is 0.311 e. The lowest BCUT2D eigenvalue weighted by atomic mass is 10.3. The van der Waals surface area contributed by atoms with Crippen LogP contribution >= 0.6 is 11.6 Å². The van der Waals surface area contributed by atoms with E-state index in [0.717, 1.165) is 0 Å². The van der Waals surface area contributed by atoms with Crippen molar-refractivity contribution in [1.82, 2.24) is 10.2 Å². The highest BCUT2D eigenvalue weighted by molar-refractivity contribution is 6.18. The summed E-state index contributed by atoms with van der Waals surface area (Å²) in [6, 6.07) is 1.69. The lowest BCUT2D eigenvalue weighted by Gasteiger charge is -1.99. The molecule has 4 nitrogen and oxygen atoms in total. The molecule has 12 heavy (non-hydrogen) atoms. The number of anilines is 1. The van der Waals surface area contributed by atoms with Gasteiger partial charge in [0.05, 0.1) is 6.20 Å². The van der Waals surface area contributed by atoms with Crippen molar-refractivity contribution in [2.45, 2.75) is 12.8 Å². The number of carbonyl (C=O) groups is 1. The minimum Gasteiger partial charge on any atom is -0.311 e. The standard InChI is InChI=1S/C7H10ClN3O/c8-4-1-2-7(12)10-6-3-5-9-11-6/h3,5H,1-2,4H2,(H2,9,10,11,12). The fourth-order valence-corrected chi connectivity index (χ4v) is 0.899. The van der Waals surface area contributed by atoms with Crippen molar-refractivity contribution in [3.8, 4) is 0 Å². The Morgan fingerprint density at radius 3 is 3.17 bits per heavy atom. The Bertz CT molecular complexity index is 235. The molecule has 0 radical (unpaired) electrons. The Balaban J connectivity index is 2.27. The molecule has 0 bridgehead atoms. The molecule has 1 heterocycles. The van der Waals surface area contributed by atoms with Gasteiger partial charge >= 0.3 is 0 Å². The first-order chi connectivity index (χ1) is 5.83. The number of nitrogens with one attached hydrogen (secondary N) is 2. The summed E-state index contributed by atoms with van der Waals surface area (Å²) in [5, 5.41) is 8.96. The number of amides is 1. The monoisotopic (exact) mass is 187 g/mol. The molecule has 0 spiro atoms. The summed E-state index contributed by atoms with van der Waals surface area (Å²) in [5.74, 6) is 1.09. The highest BCUT2D eigenvalue weighted by Gasteiger charge is 2.01. The minimum absolute atomic E-state index is 0.0418. The maximum atomic E-state index is 11.1. The molecular formula is C7H10ClN3O. The van der Waals surface area contributed by atoms with Gasteiger partial charge in [0.25, 0.3) is 0 Å². The van der Waals surface area contributed by atoms with E-state index in [4.69, 9.17) is 11.6 Å². The van der Waals surface area contributed by atoms with Gasteiger partial charge in [-0.05, 0) is 6.42 Å². The average Bonchev–Trinajstić information content (AvgIpc) is 2.53. The molecule has 1 aromatic heterocycles.